The van der Waals surface area contributed by atoms with Gasteiger partial charge in [-0.3, -0.25) is 4.55 Å². The number of rotatable bonds is 7. The van der Waals surface area contributed by atoms with Gasteiger partial charge in [-0.25, -0.2) is 22.0 Å². The van der Waals surface area contributed by atoms with Crippen LogP contribution < -0.4 is 10.5 Å². The van der Waals surface area contributed by atoms with Crippen molar-refractivity contribution in [3.05, 3.63) is 36.3 Å². The summed E-state index contributed by atoms with van der Waals surface area (Å²) < 4.78 is 89.1. The lowest BCUT2D eigenvalue weighted by Crippen LogP contribution is -2.26. The second-order valence-electron chi connectivity index (χ2n) is 7.05. The second kappa shape index (κ2) is 8.30. The van der Waals surface area contributed by atoms with Crippen molar-refractivity contribution in [2.75, 3.05) is 5.32 Å². The van der Waals surface area contributed by atoms with Gasteiger partial charge < -0.3 is 9.73 Å². The molecule has 0 aliphatic heterocycles. The molecule has 0 unspecified atom stereocenters. The van der Waals surface area contributed by atoms with Gasteiger partial charge in [0.15, 0.2) is 9.84 Å². The number of primary sulfonamides is 1. The Morgan fingerprint density at radius 2 is 1.67 bits per heavy atom. The van der Waals surface area contributed by atoms with Crippen LogP contribution in [0.4, 0.5) is 5.69 Å². The highest BCUT2D eigenvalue weighted by Gasteiger charge is 2.35. The molecule has 0 amide bonds. The van der Waals surface area contributed by atoms with Gasteiger partial charge in [0.25, 0.3) is 10.1 Å². The molecule has 1 aliphatic carbocycles. The molecule has 3 rings (SSSR count). The predicted octanol–water partition coefficient (Wildman–Crippen LogP) is 1.89. The van der Waals surface area contributed by atoms with Crippen molar-refractivity contribution in [2.45, 2.75) is 58.6 Å². The van der Waals surface area contributed by atoms with Crippen LogP contribution in [0.25, 0.3) is 0 Å². The van der Waals surface area contributed by atoms with Gasteiger partial charge >= 0.3 is 0 Å². The summed E-state index contributed by atoms with van der Waals surface area (Å²) in [5.41, 5.74) is -0.212. The van der Waals surface area contributed by atoms with Crippen LogP contribution in [0, 0.1) is 0 Å². The summed E-state index contributed by atoms with van der Waals surface area (Å²) in [6.45, 7) is -0.0103. The van der Waals surface area contributed by atoms with Crippen molar-refractivity contribution in [3.63, 3.8) is 0 Å². The molecule has 0 saturated heterocycles. The van der Waals surface area contributed by atoms with E-state index >= 15 is 0 Å². The Balaban J connectivity index is 2.20. The summed E-state index contributed by atoms with van der Waals surface area (Å²) >= 11 is 0. The fourth-order valence-electron chi connectivity index (χ4n) is 3.49. The molecule has 1 heterocycles. The number of furan rings is 1. The molecule has 0 spiro atoms. The predicted molar refractivity (Wildman–Crippen MR) is 108 cm³/mol. The Labute approximate surface area is 175 Å². The highest BCUT2D eigenvalue weighted by molar-refractivity contribution is 7.93. The van der Waals surface area contributed by atoms with Crippen molar-refractivity contribution < 1.29 is 34.2 Å². The number of sulfonamides is 1. The van der Waals surface area contributed by atoms with Crippen LogP contribution in [0.3, 0.4) is 0 Å². The first kappa shape index (κ1) is 22.7. The number of hydrogen-bond acceptors (Lipinski definition) is 8. The van der Waals surface area contributed by atoms with E-state index in [1.54, 1.807) is 12.1 Å². The largest absolute Gasteiger partial charge is 0.467 e. The summed E-state index contributed by atoms with van der Waals surface area (Å²) in [5.74, 6) is 0.422. The van der Waals surface area contributed by atoms with Crippen LogP contribution >= 0.6 is 0 Å². The molecule has 0 atom stereocenters. The van der Waals surface area contributed by atoms with E-state index in [0.29, 0.717) is 37.5 Å². The van der Waals surface area contributed by atoms with E-state index < -0.39 is 49.9 Å². The van der Waals surface area contributed by atoms with Gasteiger partial charge in [0.05, 0.1) is 28.6 Å². The number of sulfone groups is 1. The minimum atomic E-state index is -5.06. The molecule has 10 nitrogen and oxygen atoms in total. The summed E-state index contributed by atoms with van der Waals surface area (Å²) in [6.07, 6.45) is 4.31. The Kier molecular flexibility index (Phi) is 6.30. The molecule has 0 radical (unpaired) electrons. The zero-order valence-corrected chi connectivity index (χ0v) is 18.3. The number of benzene rings is 1. The first-order valence-electron chi connectivity index (χ1n) is 9.09. The molecule has 1 aromatic heterocycles. The van der Waals surface area contributed by atoms with E-state index in [9.17, 15) is 29.8 Å². The minimum absolute atomic E-state index is 0.0103. The van der Waals surface area contributed by atoms with Gasteiger partial charge in [-0.2, -0.15) is 8.42 Å². The Morgan fingerprint density at radius 1 is 1.00 bits per heavy atom. The highest BCUT2D eigenvalue weighted by Crippen LogP contribution is 2.36. The number of nitrogens with one attached hydrogen (secondary N) is 1. The lowest BCUT2D eigenvalue weighted by Gasteiger charge is -2.23. The third-order valence-corrected chi connectivity index (χ3v) is 9.23. The molecular formula is C17H22N2O8S3. The van der Waals surface area contributed by atoms with Gasteiger partial charge in [0.1, 0.15) is 15.6 Å². The monoisotopic (exact) mass is 478 g/mol. The van der Waals surface area contributed by atoms with Gasteiger partial charge in [0, 0.05) is 0 Å². The SMILES string of the molecule is NS(=O)(=O)c1cc(S(=O)(=O)O)c(S(=O)(=O)C2CCCCC2)cc1NCc1ccco1. The van der Waals surface area contributed by atoms with E-state index in [1.165, 1.54) is 6.26 Å². The molecular weight excluding hydrogens is 456 g/mol. The maximum atomic E-state index is 13.2. The van der Waals surface area contributed by atoms with E-state index in [1.807, 2.05) is 0 Å². The van der Waals surface area contributed by atoms with Crippen molar-refractivity contribution in [1.29, 1.82) is 0 Å². The molecule has 166 valence electrons. The molecule has 1 fully saturated rings. The van der Waals surface area contributed by atoms with E-state index in [2.05, 4.69) is 5.32 Å². The summed E-state index contributed by atoms with van der Waals surface area (Å²) in [6, 6.07) is 4.69. The van der Waals surface area contributed by atoms with Crippen molar-refractivity contribution in [1.82, 2.24) is 0 Å². The van der Waals surface area contributed by atoms with Crippen molar-refractivity contribution in [2.24, 2.45) is 5.14 Å². The summed E-state index contributed by atoms with van der Waals surface area (Å²) in [4.78, 5) is -2.34. The molecule has 1 aromatic carbocycles. The van der Waals surface area contributed by atoms with Crippen LogP contribution in [0.1, 0.15) is 37.9 Å². The van der Waals surface area contributed by atoms with Crippen molar-refractivity contribution in [3.8, 4) is 0 Å². The average Bonchev–Trinajstić information content (AvgIpc) is 3.18. The zero-order valence-electron chi connectivity index (χ0n) is 15.8. The second-order valence-corrected chi connectivity index (χ2v) is 12.2. The third kappa shape index (κ3) is 4.86. The smallest absolute Gasteiger partial charge is 0.295 e. The molecule has 0 bridgehead atoms. The lowest BCUT2D eigenvalue weighted by atomic mass is 10.0. The molecule has 2 aromatic rings. The van der Waals surface area contributed by atoms with Gasteiger partial charge in [-0.15, -0.1) is 0 Å². The van der Waals surface area contributed by atoms with E-state index in [4.69, 9.17) is 9.56 Å². The minimum Gasteiger partial charge on any atom is -0.467 e. The third-order valence-electron chi connectivity index (χ3n) is 4.96. The molecule has 4 N–H and O–H groups in total. The lowest BCUT2D eigenvalue weighted by molar-refractivity contribution is 0.473. The van der Waals surface area contributed by atoms with Crippen LogP contribution in [0.2, 0.25) is 0 Å². The molecule has 13 heteroatoms. The Bertz CT molecular complexity index is 1230. The maximum Gasteiger partial charge on any atom is 0.295 e. The quantitative estimate of drug-likeness (QED) is 0.502. The number of hydrogen-bond donors (Lipinski definition) is 3. The number of anilines is 1. The fraction of sp³-hybridized carbons (Fsp3) is 0.412. The Hall–Kier alpha value is -1.93. The van der Waals surface area contributed by atoms with E-state index in [-0.39, 0.29) is 12.2 Å². The molecule has 1 aliphatic rings. The standard InChI is InChI=1S/C17H22N2O8S3/c18-29(22,23)15-10-17(30(24,25)26)16(28(20,21)13-6-2-1-3-7-13)9-14(15)19-11-12-5-4-8-27-12/h4-5,8-10,13,19H,1-3,6-7,11H2,(H2,18,22,23)(H,24,25,26). The average molecular weight is 479 g/mol. The zero-order chi connectivity index (χ0) is 22.2. The molecule has 30 heavy (non-hydrogen) atoms. The maximum absolute atomic E-state index is 13.2. The van der Waals surface area contributed by atoms with Crippen LogP contribution in [-0.4, -0.2) is 35.1 Å². The van der Waals surface area contributed by atoms with Crippen LogP contribution in [0.5, 0.6) is 0 Å². The Morgan fingerprint density at radius 3 is 2.20 bits per heavy atom. The van der Waals surface area contributed by atoms with Gasteiger partial charge in [-0.1, -0.05) is 19.3 Å². The van der Waals surface area contributed by atoms with Crippen molar-refractivity contribution >= 4 is 35.7 Å². The van der Waals surface area contributed by atoms with Gasteiger partial charge in [0.2, 0.25) is 10.0 Å². The first-order valence-corrected chi connectivity index (χ1v) is 13.6. The normalized spacial score (nSPS) is 16.5. The topological polar surface area (TPSA) is 174 Å². The first-order chi connectivity index (χ1) is 13.9. The fourth-order valence-corrected chi connectivity index (χ4v) is 7.46. The highest BCUT2D eigenvalue weighted by atomic mass is 32.2. The van der Waals surface area contributed by atoms with E-state index in [0.717, 1.165) is 12.5 Å². The van der Waals surface area contributed by atoms with Crippen LogP contribution in [-0.2, 0) is 36.5 Å². The molecule has 1 saturated carbocycles. The summed E-state index contributed by atoms with van der Waals surface area (Å²) in [5, 5.41) is 7.10. The number of nitrogens with two attached hydrogens (primary N) is 1. The van der Waals surface area contributed by atoms with Gasteiger partial charge in [-0.05, 0) is 37.1 Å². The summed E-state index contributed by atoms with van der Waals surface area (Å²) in [7, 11) is -13.7. The van der Waals surface area contributed by atoms with Crippen LogP contribution in [0.15, 0.2) is 49.6 Å².